The standard InChI is InChI=1S/C12H16O3/c1-3-15-8-10-4-6-11(7-5-10)9(2)12(13)14/h4-7,9H,3,8H2,1-2H3,(H,13,14). The van der Waals surface area contributed by atoms with E-state index in [4.69, 9.17) is 9.84 Å². The zero-order chi connectivity index (χ0) is 11.3. The maximum atomic E-state index is 10.7. The van der Waals surface area contributed by atoms with Gasteiger partial charge in [-0.25, -0.2) is 0 Å². The van der Waals surface area contributed by atoms with Crippen molar-refractivity contribution in [1.29, 1.82) is 0 Å². The molecule has 0 heterocycles. The van der Waals surface area contributed by atoms with E-state index in [1.54, 1.807) is 6.92 Å². The van der Waals surface area contributed by atoms with E-state index < -0.39 is 11.9 Å². The number of hydrogen-bond acceptors (Lipinski definition) is 2. The molecular formula is C12H16O3. The van der Waals surface area contributed by atoms with Gasteiger partial charge in [-0.1, -0.05) is 24.3 Å². The number of aliphatic carboxylic acids is 1. The van der Waals surface area contributed by atoms with Gasteiger partial charge in [0, 0.05) is 6.61 Å². The first-order valence-electron chi connectivity index (χ1n) is 5.04. The second-order valence-electron chi connectivity index (χ2n) is 3.44. The van der Waals surface area contributed by atoms with Crippen molar-refractivity contribution in [3.05, 3.63) is 35.4 Å². The van der Waals surface area contributed by atoms with E-state index in [1.807, 2.05) is 31.2 Å². The summed E-state index contributed by atoms with van der Waals surface area (Å²) < 4.78 is 5.25. The molecular weight excluding hydrogens is 192 g/mol. The highest BCUT2D eigenvalue weighted by molar-refractivity contribution is 5.75. The number of hydrogen-bond donors (Lipinski definition) is 1. The number of carbonyl (C=O) groups is 1. The smallest absolute Gasteiger partial charge is 0.310 e. The van der Waals surface area contributed by atoms with E-state index in [-0.39, 0.29) is 0 Å². The van der Waals surface area contributed by atoms with Crippen molar-refractivity contribution in [2.75, 3.05) is 6.61 Å². The molecule has 0 aliphatic carbocycles. The summed E-state index contributed by atoms with van der Waals surface area (Å²) in [5.74, 6) is -1.25. The molecule has 0 saturated carbocycles. The van der Waals surface area contributed by atoms with Crippen molar-refractivity contribution in [2.45, 2.75) is 26.4 Å². The van der Waals surface area contributed by atoms with E-state index in [2.05, 4.69) is 0 Å². The molecule has 3 nitrogen and oxygen atoms in total. The number of benzene rings is 1. The van der Waals surface area contributed by atoms with Crippen LogP contribution in [0.3, 0.4) is 0 Å². The summed E-state index contributed by atoms with van der Waals surface area (Å²) in [5, 5.41) is 8.82. The van der Waals surface area contributed by atoms with Crippen LogP contribution >= 0.6 is 0 Å². The maximum Gasteiger partial charge on any atom is 0.310 e. The molecule has 3 heteroatoms. The Morgan fingerprint density at radius 1 is 1.40 bits per heavy atom. The van der Waals surface area contributed by atoms with Crippen molar-refractivity contribution in [3.8, 4) is 0 Å². The molecule has 0 bridgehead atoms. The molecule has 0 aliphatic rings. The van der Waals surface area contributed by atoms with Gasteiger partial charge in [-0.2, -0.15) is 0 Å². The fraction of sp³-hybridized carbons (Fsp3) is 0.417. The summed E-state index contributed by atoms with van der Waals surface area (Å²) in [4.78, 5) is 10.7. The van der Waals surface area contributed by atoms with Gasteiger partial charge in [0.25, 0.3) is 0 Å². The Labute approximate surface area is 89.7 Å². The average Bonchev–Trinajstić information content (AvgIpc) is 2.26. The molecule has 82 valence electrons. The molecule has 1 atom stereocenters. The van der Waals surface area contributed by atoms with Crippen LogP contribution in [0.2, 0.25) is 0 Å². The number of ether oxygens (including phenoxy) is 1. The molecule has 0 radical (unpaired) electrons. The van der Waals surface area contributed by atoms with Crippen LogP contribution in [0.25, 0.3) is 0 Å². The second kappa shape index (κ2) is 5.51. The first kappa shape index (κ1) is 11.7. The lowest BCUT2D eigenvalue weighted by atomic mass is 10.0. The molecule has 0 amide bonds. The molecule has 0 aromatic heterocycles. The lowest BCUT2D eigenvalue weighted by Crippen LogP contribution is -2.07. The molecule has 0 aliphatic heterocycles. The highest BCUT2D eigenvalue weighted by atomic mass is 16.5. The first-order chi connectivity index (χ1) is 7.15. The van der Waals surface area contributed by atoms with Gasteiger partial charge in [-0.05, 0) is 25.0 Å². The maximum absolute atomic E-state index is 10.7. The molecule has 1 N–H and O–H groups in total. The van der Waals surface area contributed by atoms with Gasteiger partial charge in [0.15, 0.2) is 0 Å². The predicted molar refractivity (Wildman–Crippen MR) is 57.8 cm³/mol. The minimum atomic E-state index is -0.799. The highest BCUT2D eigenvalue weighted by Crippen LogP contribution is 2.16. The van der Waals surface area contributed by atoms with Crippen LogP contribution in [0.15, 0.2) is 24.3 Å². The lowest BCUT2D eigenvalue weighted by Gasteiger charge is -2.07. The van der Waals surface area contributed by atoms with Crippen LogP contribution < -0.4 is 0 Å². The Kier molecular flexibility index (Phi) is 4.31. The number of rotatable bonds is 5. The molecule has 1 aromatic rings. The molecule has 1 unspecified atom stereocenters. The monoisotopic (exact) mass is 208 g/mol. The quantitative estimate of drug-likeness (QED) is 0.808. The molecule has 1 aromatic carbocycles. The molecule has 0 spiro atoms. The Morgan fingerprint density at radius 3 is 2.47 bits per heavy atom. The van der Waals surface area contributed by atoms with E-state index in [0.717, 1.165) is 11.1 Å². The fourth-order valence-electron chi connectivity index (χ4n) is 1.27. The third kappa shape index (κ3) is 3.36. The van der Waals surface area contributed by atoms with Crippen molar-refractivity contribution in [2.24, 2.45) is 0 Å². The Bertz CT molecular complexity index is 316. The zero-order valence-corrected chi connectivity index (χ0v) is 9.06. The van der Waals surface area contributed by atoms with Gasteiger partial charge >= 0.3 is 5.97 Å². The lowest BCUT2D eigenvalue weighted by molar-refractivity contribution is -0.138. The van der Waals surface area contributed by atoms with E-state index in [0.29, 0.717) is 13.2 Å². The topological polar surface area (TPSA) is 46.5 Å². The Balaban J connectivity index is 2.67. The summed E-state index contributed by atoms with van der Waals surface area (Å²) in [6.07, 6.45) is 0. The third-order valence-corrected chi connectivity index (χ3v) is 2.32. The first-order valence-corrected chi connectivity index (χ1v) is 5.04. The van der Waals surface area contributed by atoms with Gasteiger partial charge in [0.1, 0.15) is 0 Å². The van der Waals surface area contributed by atoms with Crippen molar-refractivity contribution >= 4 is 5.97 Å². The van der Waals surface area contributed by atoms with Crippen LogP contribution in [0.4, 0.5) is 0 Å². The van der Waals surface area contributed by atoms with Crippen molar-refractivity contribution in [3.63, 3.8) is 0 Å². The Morgan fingerprint density at radius 2 is 2.00 bits per heavy atom. The van der Waals surface area contributed by atoms with Crippen LogP contribution in [0.1, 0.15) is 30.9 Å². The van der Waals surface area contributed by atoms with Crippen LogP contribution in [-0.2, 0) is 16.1 Å². The van der Waals surface area contributed by atoms with Gasteiger partial charge in [-0.3, -0.25) is 4.79 Å². The third-order valence-electron chi connectivity index (χ3n) is 2.32. The number of carboxylic acids is 1. The molecule has 15 heavy (non-hydrogen) atoms. The Hall–Kier alpha value is -1.35. The number of carboxylic acid groups (broad SMARTS) is 1. The van der Waals surface area contributed by atoms with Crippen LogP contribution in [-0.4, -0.2) is 17.7 Å². The summed E-state index contributed by atoms with van der Waals surface area (Å²) in [6.45, 7) is 4.90. The molecule has 0 fully saturated rings. The van der Waals surface area contributed by atoms with Crippen molar-refractivity contribution < 1.29 is 14.6 Å². The second-order valence-corrected chi connectivity index (χ2v) is 3.44. The van der Waals surface area contributed by atoms with Gasteiger partial charge in [-0.15, -0.1) is 0 Å². The highest BCUT2D eigenvalue weighted by Gasteiger charge is 2.12. The van der Waals surface area contributed by atoms with E-state index >= 15 is 0 Å². The fourth-order valence-corrected chi connectivity index (χ4v) is 1.27. The summed E-state index contributed by atoms with van der Waals surface area (Å²) in [7, 11) is 0. The molecule has 0 saturated heterocycles. The molecule has 1 rings (SSSR count). The minimum absolute atomic E-state index is 0.453. The van der Waals surface area contributed by atoms with Gasteiger partial charge < -0.3 is 9.84 Å². The van der Waals surface area contributed by atoms with E-state index in [1.165, 1.54) is 0 Å². The predicted octanol–water partition coefficient (Wildman–Crippen LogP) is 2.41. The van der Waals surface area contributed by atoms with Crippen molar-refractivity contribution in [1.82, 2.24) is 0 Å². The van der Waals surface area contributed by atoms with Gasteiger partial charge in [0.2, 0.25) is 0 Å². The van der Waals surface area contributed by atoms with Crippen LogP contribution in [0, 0.1) is 0 Å². The summed E-state index contributed by atoms with van der Waals surface area (Å²) >= 11 is 0. The summed E-state index contributed by atoms with van der Waals surface area (Å²) in [6, 6.07) is 7.50. The van der Waals surface area contributed by atoms with Gasteiger partial charge in [0.05, 0.1) is 12.5 Å². The minimum Gasteiger partial charge on any atom is -0.481 e. The average molecular weight is 208 g/mol. The largest absolute Gasteiger partial charge is 0.481 e. The van der Waals surface area contributed by atoms with E-state index in [9.17, 15) is 4.79 Å². The SMILES string of the molecule is CCOCc1ccc(C(C)C(=O)O)cc1. The zero-order valence-electron chi connectivity index (χ0n) is 9.06. The summed E-state index contributed by atoms with van der Waals surface area (Å²) in [5.41, 5.74) is 1.89. The normalized spacial score (nSPS) is 12.4. The van der Waals surface area contributed by atoms with Crippen LogP contribution in [0.5, 0.6) is 0 Å².